The molecule has 4 nitrogen and oxygen atoms in total. The van der Waals surface area contributed by atoms with Crippen LogP contribution < -0.4 is 14.8 Å². The first-order chi connectivity index (χ1) is 10.6. The Morgan fingerprint density at radius 1 is 1.05 bits per heavy atom. The number of benzene rings is 2. The zero-order chi connectivity index (χ0) is 15.9. The Kier molecular flexibility index (Phi) is 5.42. The Balaban J connectivity index is 1.93. The van der Waals surface area contributed by atoms with Gasteiger partial charge in [0.2, 0.25) is 0 Å². The van der Waals surface area contributed by atoms with Gasteiger partial charge in [0.05, 0.1) is 6.61 Å². The topological polar surface area (TPSA) is 47.6 Å². The minimum atomic E-state index is -0.185. The van der Waals surface area contributed by atoms with E-state index in [-0.39, 0.29) is 12.5 Å². The van der Waals surface area contributed by atoms with Gasteiger partial charge in [-0.1, -0.05) is 18.2 Å². The Morgan fingerprint density at radius 2 is 1.73 bits per heavy atom. The van der Waals surface area contributed by atoms with Gasteiger partial charge in [-0.3, -0.25) is 4.79 Å². The van der Waals surface area contributed by atoms with Crippen molar-refractivity contribution in [3.63, 3.8) is 0 Å². The highest BCUT2D eigenvalue weighted by molar-refractivity contribution is 5.92. The van der Waals surface area contributed by atoms with Crippen LogP contribution in [0.1, 0.15) is 18.1 Å². The van der Waals surface area contributed by atoms with Gasteiger partial charge in [0.1, 0.15) is 11.5 Å². The van der Waals surface area contributed by atoms with E-state index in [1.54, 1.807) is 12.1 Å². The monoisotopic (exact) mass is 299 g/mol. The van der Waals surface area contributed by atoms with Crippen LogP contribution in [0.15, 0.2) is 42.5 Å². The number of rotatable bonds is 6. The third kappa shape index (κ3) is 4.25. The smallest absolute Gasteiger partial charge is 0.262 e. The Hall–Kier alpha value is -2.49. The number of carbonyl (C=O) groups is 1. The lowest BCUT2D eigenvalue weighted by molar-refractivity contribution is -0.118. The molecule has 1 N–H and O–H groups in total. The predicted molar refractivity (Wildman–Crippen MR) is 87.7 cm³/mol. The number of hydrogen-bond donors (Lipinski definition) is 1. The Bertz CT molecular complexity index is 653. The molecule has 0 unspecified atom stereocenters. The molecular weight excluding hydrogens is 278 g/mol. The summed E-state index contributed by atoms with van der Waals surface area (Å²) in [5, 5.41) is 2.87. The minimum Gasteiger partial charge on any atom is -0.494 e. The van der Waals surface area contributed by atoms with Crippen LogP contribution in [0.2, 0.25) is 0 Å². The van der Waals surface area contributed by atoms with Crippen molar-refractivity contribution in [3.8, 4) is 11.5 Å². The van der Waals surface area contributed by atoms with Gasteiger partial charge < -0.3 is 14.8 Å². The zero-order valence-corrected chi connectivity index (χ0v) is 13.2. The van der Waals surface area contributed by atoms with Crippen LogP contribution in [-0.4, -0.2) is 19.1 Å². The maximum Gasteiger partial charge on any atom is 0.262 e. The Morgan fingerprint density at radius 3 is 2.45 bits per heavy atom. The average Bonchev–Trinajstić information content (AvgIpc) is 2.51. The molecule has 0 saturated heterocycles. The second-order valence-electron chi connectivity index (χ2n) is 4.99. The first-order valence-electron chi connectivity index (χ1n) is 7.32. The molecule has 0 spiro atoms. The van der Waals surface area contributed by atoms with Crippen LogP contribution in [0.4, 0.5) is 5.69 Å². The first-order valence-corrected chi connectivity index (χ1v) is 7.32. The van der Waals surface area contributed by atoms with E-state index in [1.807, 2.05) is 51.1 Å². The van der Waals surface area contributed by atoms with Crippen molar-refractivity contribution >= 4 is 11.6 Å². The van der Waals surface area contributed by atoms with Crippen molar-refractivity contribution in [2.45, 2.75) is 20.8 Å². The molecule has 2 aromatic carbocycles. The van der Waals surface area contributed by atoms with Crippen LogP contribution in [0.5, 0.6) is 11.5 Å². The molecule has 1 amide bonds. The van der Waals surface area contributed by atoms with Crippen LogP contribution in [0, 0.1) is 13.8 Å². The third-order valence-electron chi connectivity index (χ3n) is 3.37. The fourth-order valence-corrected chi connectivity index (χ4v) is 2.04. The maximum absolute atomic E-state index is 12.0. The first kappa shape index (κ1) is 15.9. The summed E-state index contributed by atoms with van der Waals surface area (Å²) in [6, 6.07) is 13.1. The number of anilines is 1. The molecule has 2 rings (SSSR count). The highest BCUT2D eigenvalue weighted by atomic mass is 16.5. The molecule has 116 valence electrons. The number of nitrogens with one attached hydrogen (secondary N) is 1. The number of aryl methyl sites for hydroxylation is 1. The van der Waals surface area contributed by atoms with E-state index in [0.29, 0.717) is 12.4 Å². The van der Waals surface area contributed by atoms with Crippen molar-refractivity contribution < 1.29 is 14.3 Å². The SMILES string of the molecule is CCOc1cccc(OCC(=O)Nc2cccc(C)c2C)c1. The molecule has 0 aliphatic carbocycles. The second kappa shape index (κ2) is 7.50. The van der Waals surface area contributed by atoms with E-state index in [4.69, 9.17) is 9.47 Å². The second-order valence-corrected chi connectivity index (χ2v) is 4.99. The number of amides is 1. The largest absolute Gasteiger partial charge is 0.494 e. The van der Waals surface area contributed by atoms with E-state index in [2.05, 4.69) is 5.32 Å². The quantitative estimate of drug-likeness (QED) is 0.884. The van der Waals surface area contributed by atoms with E-state index in [1.165, 1.54) is 0 Å². The number of ether oxygens (including phenoxy) is 2. The normalized spacial score (nSPS) is 10.1. The summed E-state index contributed by atoms with van der Waals surface area (Å²) in [4.78, 5) is 12.0. The van der Waals surface area contributed by atoms with Gasteiger partial charge in [-0.25, -0.2) is 0 Å². The molecule has 0 heterocycles. The standard InChI is InChI=1S/C18H21NO3/c1-4-21-15-8-6-9-16(11-15)22-12-18(20)19-17-10-5-7-13(2)14(17)3/h5-11H,4,12H2,1-3H3,(H,19,20). The summed E-state index contributed by atoms with van der Waals surface area (Å²) in [5.41, 5.74) is 3.02. The molecule has 0 saturated carbocycles. The van der Waals surface area contributed by atoms with Gasteiger partial charge >= 0.3 is 0 Å². The van der Waals surface area contributed by atoms with Crippen molar-refractivity contribution in [2.75, 3.05) is 18.5 Å². The molecule has 0 atom stereocenters. The Labute approximate surface area is 131 Å². The molecule has 0 bridgehead atoms. The van der Waals surface area contributed by atoms with Crippen LogP contribution in [-0.2, 0) is 4.79 Å². The lowest BCUT2D eigenvalue weighted by Crippen LogP contribution is -2.20. The van der Waals surface area contributed by atoms with Gasteiger partial charge in [-0.15, -0.1) is 0 Å². The van der Waals surface area contributed by atoms with E-state index < -0.39 is 0 Å². The minimum absolute atomic E-state index is 0.0387. The molecule has 0 aliphatic rings. The highest BCUT2D eigenvalue weighted by Gasteiger charge is 2.07. The molecule has 0 fully saturated rings. The van der Waals surface area contributed by atoms with E-state index >= 15 is 0 Å². The van der Waals surface area contributed by atoms with Gasteiger partial charge in [-0.2, -0.15) is 0 Å². The average molecular weight is 299 g/mol. The molecule has 0 radical (unpaired) electrons. The maximum atomic E-state index is 12.0. The third-order valence-corrected chi connectivity index (χ3v) is 3.37. The van der Waals surface area contributed by atoms with Crippen molar-refractivity contribution in [1.82, 2.24) is 0 Å². The van der Waals surface area contributed by atoms with Crippen LogP contribution in [0.3, 0.4) is 0 Å². The van der Waals surface area contributed by atoms with Crippen molar-refractivity contribution in [1.29, 1.82) is 0 Å². The molecule has 22 heavy (non-hydrogen) atoms. The number of hydrogen-bond acceptors (Lipinski definition) is 3. The summed E-state index contributed by atoms with van der Waals surface area (Å²) >= 11 is 0. The van der Waals surface area contributed by atoms with Gasteiger partial charge in [0.15, 0.2) is 6.61 Å². The number of carbonyl (C=O) groups excluding carboxylic acids is 1. The lowest BCUT2D eigenvalue weighted by Gasteiger charge is -2.11. The lowest BCUT2D eigenvalue weighted by atomic mass is 10.1. The molecule has 2 aromatic rings. The summed E-state index contributed by atoms with van der Waals surface area (Å²) in [6.07, 6.45) is 0. The van der Waals surface area contributed by atoms with Gasteiger partial charge in [0, 0.05) is 11.8 Å². The summed E-state index contributed by atoms with van der Waals surface area (Å²) < 4.78 is 10.9. The predicted octanol–water partition coefficient (Wildman–Crippen LogP) is 3.72. The molecule has 4 heteroatoms. The van der Waals surface area contributed by atoms with Crippen LogP contribution in [0.25, 0.3) is 0 Å². The van der Waals surface area contributed by atoms with Crippen molar-refractivity contribution in [2.24, 2.45) is 0 Å². The zero-order valence-electron chi connectivity index (χ0n) is 13.2. The summed E-state index contributed by atoms with van der Waals surface area (Å²) in [5.74, 6) is 1.16. The van der Waals surface area contributed by atoms with Gasteiger partial charge in [-0.05, 0) is 50.1 Å². The van der Waals surface area contributed by atoms with Crippen molar-refractivity contribution in [3.05, 3.63) is 53.6 Å². The highest BCUT2D eigenvalue weighted by Crippen LogP contribution is 2.20. The molecular formula is C18H21NO3. The van der Waals surface area contributed by atoms with Crippen LogP contribution >= 0.6 is 0 Å². The summed E-state index contributed by atoms with van der Waals surface area (Å²) in [7, 11) is 0. The summed E-state index contributed by atoms with van der Waals surface area (Å²) in [6.45, 7) is 6.47. The fourth-order valence-electron chi connectivity index (χ4n) is 2.04. The van der Waals surface area contributed by atoms with Gasteiger partial charge in [0.25, 0.3) is 5.91 Å². The van der Waals surface area contributed by atoms with E-state index in [0.717, 1.165) is 22.6 Å². The molecule has 0 aromatic heterocycles. The molecule has 0 aliphatic heterocycles. The fraction of sp³-hybridized carbons (Fsp3) is 0.278. The van der Waals surface area contributed by atoms with E-state index in [9.17, 15) is 4.79 Å².